The van der Waals surface area contributed by atoms with Crippen LogP contribution in [0.3, 0.4) is 0 Å². The maximum Gasteiger partial charge on any atom is 0.305 e. The van der Waals surface area contributed by atoms with Crippen LogP contribution in [-0.4, -0.2) is 79.1 Å². The smallest absolute Gasteiger partial charge is 0.305 e. The Morgan fingerprint density at radius 2 is 1.41 bits per heavy atom. The highest BCUT2D eigenvalue weighted by Gasteiger charge is 2.60. The first-order valence-corrected chi connectivity index (χ1v) is 28.9. The third-order valence-electron chi connectivity index (χ3n) is 12.1. The summed E-state index contributed by atoms with van der Waals surface area (Å²) in [6, 6.07) is 24.5. The summed E-state index contributed by atoms with van der Waals surface area (Å²) in [7, 11) is -5.03. The fourth-order valence-corrected chi connectivity index (χ4v) is 18.3. The van der Waals surface area contributed by atoms with Crippen LogP contribution in [0, 0.1) is 5.41 Å². The quantitative estimate of drug-likeness (QED) is 0.0755. The standard InChI is InChI=1S/C45H74O8Si3/c1-15-55(16-2,17-3)52-38(28-34(4)33-54(12,13)14)32-45(49-11)44(9,10)41(50-35(5)46)30-36(51-45)29-37(31-42(47)48)53-56(43(6,7)8,39-24-20-18-21-25-39)40-26-22-19-23-27-40/h18-27,36-38,41H,4,15-17,28-33H2,1-3,5-14H3,(H,47,48)/t36-,37-,38+,41+,45+/m1/s1. The number of esters is 1. The number of carbonyl (C=O) groups is 2. The van der Waals surface area contributed by atoms with Crippen LogP contribution in [0.4, 0.5) is 0 Å². The van der Waals surface area contributed by atoms with E-state index in [2.05, 4.69) is 92.0 Å². The van der Waals surface area contributed by atoms with Crippen LogP contribution >= 0.6 is 0 Å². The molecule has 1 fully saturated rings. The summed E-state index contributed by atoms with van der Waals surface area (Å²) in [6.07, 6.45) is -0.573. The molecular weight excluding hydrogens is 753 g/mol. The zero-order valence-corrected chi connectivity index (χ0v) is 40.0. The Bertz CT molecular complexity index is 1520. The predicted molar refractivity (Wildman–Crippen MR) is 237 cm³/mol. The number of ether oxygens (including phenoxy) is 3. The van der Waals surface area contributed by atoms with Gasteiger partial charge < -0.3 is 28.2 Å². The van der Waals surface area contributed by atoms with Crippen LogP contribution in [0.25, 0.3) is 0 Å². The number of hydrogen-bond acceptors (Lipinski definition) is 7. The van der Waals surface area contributed by atoms with Crippen molar-refractivity contribution in [2.75, 3.05) is 7.11 Å². The van der Waals surface area contributed by atoms with Gasteiger partial charge in [0.1, 0.15) is 6.10 Å². The molecule has 2 aromatic carbocycles. The molecule has 11 heteroatoms. The van der Waals surface area contributed by atoms with Gasteiger partial charge in [-0.15, -0.1) is 6.58 Å². The minimum absolute atomic E-state index is 0.216. The molecule has 1 N–H and O–H groups in total. The number of rotatable bonds is 21. The first-order chi connectivity index (χ1) is 26.0. The van der Waals surface area contributed by atoms with E-state index in [9.17, 15) is 14.7 Å². The van der Waals surface area contributed by atoms with E-state index >= 15 is 0 Å². The third kappa shape index (κ3) is 11.6. The van der Waals surface area contributed by atoms with Gasteiger partial charge in [-0.2, -0.15) is 0 Å². The third-order valence-corrected chi connectivity index (χ3v) is 23.4. The number of carboxylic acids is 1. The van der Waals surface area contributed by atoms with Gasteiger partial charge in [-0.3, -0.25) is 9.59 Å². The zero-order chi connectivity index (χ0) is 42.2. The fourth-order valence-electron chi connectivity index (χ4n) is 9.05. The lowest BCUT2D eigenvalue weighted by Gasteiger charge is -2.56. The molecule has 0 amide bonds. The van der Waals surface area contributed by atoms with Gasteiger partial charge in [0.25, 0.3) is 8.32 Å². The molecule has 314 valence electrons. The highest BCUT2D eigenvalue weighted by Crippen LogP contribution is 2.51. The molecule has 0 bridgehead atoms. The molecule has 0 aromatic heterocycles. The molecule has 0 aliphatic carbocycles. The molecule has 1 heterocycles. The summed E-state index contributed by atoms with van der Waals surface area (Å²) >= 11 is 0. The second kappa shape index (κ2) is 19.6. The minimum Gasteiger partial charge on any atom is -0.481 e. The van der Waals surface area contributed by atoms with E-state index in [1.807, 2.05) is 50.2 Å². The van der Waals surface area contributed by atoms with Crippen LogP contribution in [0.2, 0.25) is 48.9 Å². The average Bonchev–Trinajstić information content (AvgIpc) is 3.10. The van der Waals surface area contributed by atoms with Crippen molar-refractivity contribution < 1.29 is 37.8 Å². The van der Waals surface area contributed by atoms with Crippen LogP contribution in [0.1, 0.15) is 94.4 Å². The highest BCUT2D eigenvalue weighted by molar-refractivity contribution is 6.99. The summed E-state index contributed by atoms with van der Waals surface area (Å²) in [6.45, 7) is 30.4. The van der Waals surface area contributed by atoms with Crippen molar-refractivity contribution in [3.05, 3.63) is 72.8 Å². The molecule has 2 aromatic rings. The normalized spacial score (nSPS) is 21.6. The zero-order valence-electron chi connectivity index (χ0n) is 37.0. The minimum atomic E-state index is -3.14. The number of carbonyl (C=O) groups excluding carboxylic acids is 1. The number of carboxylic acid groups (broad SMARTS) is 1. The molecule has 56 heavy (non-hydrogen) atoms. The predicted octanol–water partition coefficient (Wildman–Crippen LogP) is 9.95. The molecule has 8 nitrogen and oxygen atoms in total. The molecular formula is C45H74O8Si3. The molecule has 0 unspecified atom stereocenters. The second-order valence-corrected chi connectivity index (χ2v) is 33.3. The summed E-state index contributed by atoms with van der Waals surface area (Å²) in [4.78, 5) is 25.5. The summed E-state index contributed by atoms with van der Waals surface area (Å²) < 4.78 is 34.7. The number of aliphatic carboxylic acids is 1. The lowest BCUT2D eigenvalue weighted by Crippen LogP contribution is -2.68. The number of benzene rings is 2. The summed E-state index contributed by atoms with van der Waals surface area (Å²) in [5, 5.41) is 12.2. The van der Waals surface area contributed by atoms with E-state index < -0.39 is 60.2 Å². The summed E-state index contributed by atoms with van der Waals surface area (Å²) in [5.74, 6) is -2.57. The van der Waals surface area contributed by atoms with Gasteiger partial charge in [-0.05, 0) is 52.4 Å². The topological polar surface area (TPSA) is 101 Å². The van der Waals surface area contributed by atoms with Gasteiger partial charge in [0.15, 0.2) is 14.1 Å². The van der Waals surface area contributed by atoms with Gasteiger partial charge in [0.05, 0.1) is 30.1 Å². The molecule has 1 saturated heterocycles. The van der Waals surface area contributed by atoms with Crippen molar-refractivity contribution in [2.24, 2.45) is 5.41 Å². The van der Waals surface area contributed by atoms with E-state index in [1.54, 1.807) is 7.11 Å². The Balaban J connectivity index is 2.18. The maximum absolute atomic E-state index is 12.8. The van der Waals surface area contributed by atoms with Gasteiger partial charge in [-0.25, -0.2) is 0 Å². The van der Waals surface area contributed by atoms with Gasteiger partial charge in [-0.1, -0.05) is 141 Å². The van der Waals surface area contributed by atoms with Crippen molar-refractivity contribution in [1.29, 1.82) is 0 Å². The SMILES string of the molecule is C=C(C[C@@H](C[C@]1(OC)O[C@H](C[C@H](CC(=O)O)O[Si](c2ccccc2)(c2ccccc2)C(C)(C)C)C[C@H](OC(C)=O)C1(C)C)O[Si](CC)(CC)CC)C[Si](C)(C)C. The van der Waals surface area contributed by atoms with E-state index in [1.165, 1.54) is 12.5 Å². The van der Waals surface area contributed by atoms with Crippen LogP contribution < -0.4 is 10.4 Å². The van der Waals surface area contributed by atoms with Crippen molar-refractivity contribution in [3.63, 3.8) is 0 Å². The molecule has 0 spiro atoms. The Kier molecular flexibility index (Phi) is 16.8. The Hall–Kier alpha value is -2.39. The lowest BCUT2D eigenvalue weighted by molar-refractivity contribution is -0.355. The van der Waals surface area contributed by atoms with E-state index in [0.29, 0.717) is 19.3 Å². The highest BCUT2D eigenvalue weighted by atomic mass is 28.4. The molecule has 1 aliphatic rings. The molecule has 3 rings (SSSR count). The van der Waals surface area contributed by atoms with Gasteiger partial charge in [0, 0.05) is 34.9 Å². The molecule has 1 aliphatic heterocycles. The first kappa shape index (κ1) is 48.0. The fraction of sp³-hybridized carbons (Fsp3) is 0.644. The Labute approximate surface area is 342 Å². The average molecular weight is 827 g/mol. The van der Waals surface area contributed by atoms with Crippen molar-refractivity contribution in [1.82, 2.24) is 0 Å². The van der Waals surface area contributed by atoms with E-state index in [-0.39, 0.29) is 30.0 Å². The van der Waals surface area contributed by atoms with E-state index in [0.717, 1.165) is 34.5 Å². The largest absolute Gasteiger partial charge is 0.481 e. The number of hydrogen-bond donors (Lipinski definition) is 1. The lowest BCUT2D eigenvalue weighted by atomic mass is 9.70. The molecule has 5 atom stereocenters. The van der Waals surface area contributed by atoms with Crippen LogP contribution in [0.15, 0.2) is 72.8 Å². The maximum atomic E-state index is 12.8. The van der Waals surface area contributed by atoms with Gasteiger partial charge in [0.2, 0.25) is 0 Å². The van der Waals surface area contributed by atoms with Gasteiger partial charge >= 0.3 is 11.9 Å². The number of methoxy groups -OCH3 is 1. The second-order valence-electron chi connectivity index (χ2n) is 18.9. The van der Waals surface area contributed by atoms with E-state index in [4.69, 9.17) is 23.1 Å². The molecule has 0 radical (unpaired) electrons. The van der Waals surface area contributed by atoms with Crippen molar-refractivity contribution in [3.8, 4) is 0 Å². The first-order valence-electron chi connectivity index (χ1n) is 20.8. The van der Waals surface area contributed by atoms with Crippen LogP contribution in [0.5, 0.6) is 0 Å². The molecule has 0 saturated carbocycles. The Morgan fingerprint density at radius 1 is 0.893 bits per heavy atom. The Morgan fingerprint density at radius 3 is 1.82 bits per heavy atom. The summed E-state index contributed by atoms with van der Waals surface area (Å²) in [5.41, 5.74) is 0.385. The monoisotopic (exact) mass is 826 g/mol. The van der Waals surface area contributed by atoms with Crippen LogP contribution in [-0.2, 0) is 32.7 Å². The van der Waals surface area contributed by atoms with Crippen molar-refractivity contribution >= 4 is 47.0 Å². The van der Waals surface area contributed by atoms with Crippen molar-refractivity contribution in [2.45, 2.75) is 173 Å².